The number of tetrazole rings is 1. The van der Waals surface area contributed by atoms with E-state index in [1.165, 1.54) is 18.4 Å². The minimum absolute atomic E-state index is 0.827. The van der Waals surface area contributed by atoms with E-state index in [1.807, 2.05) is 4.68 Å². The summed E-state index contributed by atoms with van der Waals surface area (Å²) in [5, 5.41) is 16.1. The maximum atomic E-state index is 4.09. The van der Waals surface area contributed by atoms with Crippen molar-refractivity contribution in [3.8, 4) is 0 Å². The Labute approximate surface area is 130 Å². The number of unbranched alkanes of at least 4 members (excludes halogenated alkanes) is 1. The lowest BCUT2D eigenvalue weighted by atomic mass is 10.1. The number of benzene rings is 1. The van der Waals surface area contributed by atoms with Crippen LogP contribution in [-0.4, -0.2) is 39.0 Å². The molecular weight excluding hydrogens is 282 g/mol. The first-order valence-electron chi connectivity index (χ1n) is 7.53. The summed E-state index contributed by atoms with van der Waals surface area (Å²) in [4.78, 5) is 0. The van der Waals surface area contributed by atoms with Gasteiger partial charge < -0.3 is 5.32 Å². The summed E-state index contributed by atoms with van der Waals surface area (Å²) in [5.74, 6) is 1.06. The molecule has 0 aliphatic carbocycles. The molecule has 0 saturated heterocycles. The Bertz CT molecular complexity index is 500. The average Bonchev–Trinajstić information content (AvgIpc) is 2.96. The molecule has 0 aliphatic rings. The van der Waals surface area contributed by atoms with E-state index in [9.17, 15) is 0 Å². The molecule has 0 amide bonds. The first-order chi connectivity index (χ1) is 10.4. The van der Waals surface area contributed by atoms with Gasteiger partial charge in [-0.05, 0) is 41.8 Å². The Morgan fingerprint density at radius 1 is 1.19 bits per heavy atom. The average molecular weight is 305 g/mol. The lowest BCUT2D eigenvalue weighted by Crippen LogP contribution is -2.20. The predicted molar refractivity (Wildman–Crippen MR) is 86.5 cm³/mol. The SMILES string of the molecule is CCNCCn1nnnc1SCCCCc1ccccc1. The molecule has 0 aliphatic heterocycles. The smallest absolute Gasteiger partial charge is 0.209 e. The van der Waals surface area contributed by atoms with Crippen LogP contribution in [0.1, 0.15) is 25.3 Å². The van der Waals surface area contributed by atoms with Crippen LogP contribution in [0.2, 0.25) is 0 Å². The first-order valence-corrected chi connectivity index (χ1v) is 8.52. The lowest BCUT2D eigenvalue weighted by molar-refractivity contribution is 0.517. The minimum Gasteiger partial charge on any atom is -0.315 e. The van der Waals surface area contributed by atoms with Gasteiger partial charge in [0.25, 0.3) is 0 Å². The second kappa shape index (κ2) is 9.52. The molecule has 2 aromatic rings. The van der Waals surface area contributed by atoms with Gasteiger partial charge in [0.2, 0.25) is 5.16 Å². The van der Waals surface area contributed by atoms with E-state index in [0.717, 1.165) is 37.0 Å². The van der Waals surface area contributed by atoms with E-state index in [4.69, 9.17) is 0 Å². The predicted octanol–water partition coefficient (Wildman–Crippen LogP) is 2.40. The van der Waals surface area contributed by atoms with Crippen LogP contribution in [0.25, 0.3) is 0 Å². The summed E-state index contributed by atoms with van der Waals surface area (Å²) in [6.07, 6.45) is 3.53. The molecule has 1 aromatic carbocycles. The third-order valence-electron chi connectivity index (χ3n) is 3.18. The molecule has 114 valence electrons. The van der Waals surface area contributed by atoms with Crippen LogP contribution in [0.3, 0.4) is 0 Å². The molecule has 6 heteroatoms. The fourth-order valence-corrected chi connectivity index (χ4v) is 2.94. The number of nitrogens with zero attached hydrogens (tertiary/aromatic N) is 4. The summed E-state index contributed by atoms with van der Waals surface area (Å²) in [6.45, 7) is 4.81. The number of aryl methyl sites for hydroxylation is 1. The highest BCUT2D eigenvalue weighted by Crippen LogP contribution is 2.16. The largest absolute Gasteiger partial charge is 0.315 e. The fourth-order valence-electron chi connectivity index (χ4n) is 2.04. The summed E-state index contributed by atoms with van der Waals surface area (Å²) >= 11 is 1.75. The van der Waals surface area contributed by atoms with Gasteiger partial charge >= 0.3 is 0 Å². The Morgan fingerprint density at radius 2 is 2.05 bits per heavy atom. The van der Waals surface area contributed by atoms with Gasteiger partial charge in [-0.1, -0.05) is 49.0 Å². The van der Waals surface area contributed by atoms with Crippen LogP contribution in [-0.2, 0) is 13.0 Å². The highest BCUT2D eigenvalue weighted by Gasteiger charge is 2.05. The van der Waals surface area contributed by atoms with E-state index in [1.54, 1.807) is 11.8 Å². The number of aromatic nitrogens is 4. The molecule has 5 nitrogen and oxygen atoms in total. The molecule has 1 heterocycles. The third kappa shape index (κ3) is 5.85. The molecule has 0 radical (unpaired) electrons. The Morgan fingerprint density at radius 3 is 2.86 bits per heavy atom. The molecule has 0 saturated carbocycles. The molecule has 21 heavy (non-hydrogen) atoms. The van der Waals surface area contributed by atoms with E-state index < -0.39 is 0 Å². The molecule has 0 spiro atoms. The number of hydrogen-bond donors (Lipinski definition) is 1. The van der Waals surface area contributed by atoms with Crippen LogP contribution in [0.5, 0.6) is 0 Å². The van der Waals surface area contributed by atoms with Crippen molar-refractivity contribution in [2.24, 2.45) is 0 Å². The third-order valence-corrected chi connectivity index (χ3v) is 4.23. The highest BCUT2D eigenvalue weighted by atomic mass is 32.2. The summed E-state index contributed by atoms with van der Waals surface area (Å²) < 4.78 is 1.88. The number of likely N-dealkylation sites (N-methyl/N-ethyl adjacent to an activating group) is 1. The van der Waals surface area contributed by atoms with Crippen LogP contribution >= 0.6 is 11.8 Å². The maximum Gasteiger partial charge on any atom is 0.209 e. The van der Waals surface area contributed by atoms with Crippen molar-refractivity contribution in [1.82, 2.24) is 25.5 Å². The summed E-state index contributed by atoms with van der Waals surface area (Å²) in [5.41, 5.74) is 1.41. The van der Waals surface area contributed by atoms with Crippen LogP contribution in [0.15, 0.2) is 35.5 Å². The summed E-state index contributed by atoms with van der Waals surface area (Å²) in [7, 11) is 0. The van der Waals surface area contributed by atoms with Crippen LogP contribution < -0.4 is 5.32 Å². The molecule has 1 N–H and O–H groups in total. The second-order valence-electron chi connectivity index (χ2n) is 4.83. The van der Waals surface area contributed by atoms with Gasteiger partial charge in [-0.25, -0.2) is 4.68 Å². The fraction of sp³-hybridized carbons (Fsp3) is 0.533. The van der Waals surface area contributed by atoms with Gasteiger partial charge in [-0.15, -0.1) is 5.10 Å². The molecule has 0 atom stereocenters. The van der Waals surface area contributed by atoms with Crippen molar-refractivity contribution in [3.63, 3.8) is 0 Å². The van der Waals surface area contributed by atoms with Crippen molar-refractivity contribution in [3.05, 3.63) is 35.9 Å². The van der Waals surface area contributed by atoms with Crippen molar-refractivity contribution >= 4 is 11.8 Å². The zero-order chi connectivity index (χ0) is 14.8. The van der Waals surface area contributed by atoms with Crippen molar-refractivity contribution in [2.45, 2.75) is 37.9 Å². The Balaban J connectivity index is 1.63. The summed E-state index contributed by atoms with van der Waals surface area (Å²) in [6, 6.07) is 10.6. The van der Waals surface area contributed by atoms with E-state index >= 15 is 0 Å². The molecule has 1 aromatic heterocycles. The van der Waals surface area contributed by atoms with E-state index in [-0.39, 0.29) is 0 Å². The minimum atomic E-state index is 0.827. The molecular formula is C15H23N5S. The van der Waals surface area contributed by atoms with Gasteiger partial charge in [0.1, 0.15) is 0 Å². The van der Waals surface area contributed by atoms with Crippen molar-refractivity contribution < 1.29 is 0 Å². The van der Waals surface area contributed by atoms with Crippen molar-refractivity contribution in [2.75, 3.05) is 18.8 Å². The number of thioether (sulfide) groups is 1. The maximum absolute atomic E-state index is 4.09. The zero-order valence-corrected chi connectivity index (χ0v) is 13.4. The molecule has 0 unspecified atom stereocenters. The van der Waals surface area contributed by atoms with Gasteiger partial charge in [-0.2, -0.15) is 0 Å². The first kappa shape index (κ1) is 16.0. The van der Waals surface area contributed by atoms with E-state index in [0.29, 0.717) is 0 Å². The van der Waals surface area contributed by atoms with Crippen LogP contribution in [0, 0.1) is 0 Å². The number of hydrogen-bond acceptors (Lipinski definition) is 5. The van der Waals surface area contributed by atoms with E-state index in [2.05, 4.69) is 58.1 Å². The normalized spacial score (nSPS) is 10.9. The Kier molecular flexibility index (Phi) is 7.24. The van der Waals surface area contributed by atoms with Crippen molar-refractivity contribution in [1.29, 1.82) is 0 Å². The molecule has 2 rings (SSSR count). The van der Waals surface area contributed by atoms with Gasteiger partial charge in [0.05, 0.1) is 6.54 Å². The van der Waals surface area contributed by atoms with Gasteiger partial charge in [0.15, 0.2) is 0 Å². The second-order valence-corrected chi connectivity index (χ2v) is 5.89. The van der Waals surface area contributed by atoms with Gasteiger partial charge in [0, 0.05) is 12.3 Å². The highest BCUT2D eigenvalue weighted by molar-refractivity contribution is 7.99. The monoisotopic (exact) mass is 305 g/mol. The molecule has 0 fully saturated rings. The zero-order valence-electron chi connectivity index (χ0n) is 12.5. The number of nitrogens with one attached hydrogen (secondary N) is 1. The topological polar surface area (TPSA) is 55.6 Å². The molecule has 0 bridgehead atoms. The van der Waals surface area contributed by atoms with Gasteiger partial charge in [-0.3, -0.25) is 0 Å². The number of rotatable bonds is 10. The Hall–Kier alpha value is -1.40. The lowest BCUT2D eigenvalue weighted by Gasteiger charge is -2.05. The standard InChI is InChI=1S/C15H23N5S/c1-2-16-11-12-20-15(17-18-19-20)21-13-7-6-10-14-8-4-3-5-9-14/h3-5,8-9,16H,2,6-7,10-13H2,1H3. The quantitative estimate of drug-likeness (QED) is 0.539. The van der Waals surface area contributed by atoms with Crippen LogP contribution in [0.4, 0.5) is 0 Å².